The van der Waals surface area contributed by atoms with E-state index in [9.17, 15) is 18.0 Å². The highest BCUT2D eigenvalue weighted by Gasteiger charge is 2.29. The Balaban J connectivity index is 1.94. The van der Waals surface area contributed by atoms with Gasteiger partial charge in [0.2, 0.25) is 5.91 Å². The van der Waals surface area contributed by atoms with Crippen molar-refractivity contribution in [2.45, 2.75) is 52.3 Å². The molecule has 0 spiro atoms. The molecule has 1 heterocycles. The second-order valence-corrected chi connectivity index (χ2v) is 7.43. The van der Waals surface area contributed by atoms with Crippen molar-refractivity contribution in [3.63, 3.8) is 0 Å². The van der Waals surface area contributed by atoms with E-state index in [1.165, 1.54) is 12.8 Å². The van der Waals surface area contributed by atoms with Crippen molar-refractivity contribution in [3.8, 4) is 5.75 Å². The number of carbonyl (C=O) groups is 1. The van der Waals surface area contributed by atoms with Crippen LogP contribution in [0.4, 0.5) is 13.2 Å². The molecule has 0 radical (unpaired) electrons. The minimum absolute atomic E-state index is 0.137. The van der Waals surface area contributed by atoms with Gasteiger partial charge in [-0.05, 0) is 50.4 Å². The van der Waals surface area contributed by atoms with E-state index in [1.807, 2.05) is 29.0 Å². The van der Waals surface area contributed by atoms with Crippen molar-refractivity contribution in [3.05, 3.63) is 28.8 Å². The lowest BCUT2D eigenvalue weighted by molar-refractivity contribution is -0.153. The van der Waals surface area contributed by atoms with Gasteiger partial charge in [0.05, 0.1) is 6.54 Å². The van der Waals surface area contributed by atoms with Gasteiger partial charge in [0.1, 0.15) is 5.75 Å². The number of benzene rings is 1. The first-order valence-corrected chi connectivity index (χ1v) is 9.41. The van der Waals surface area contributed by atoms with Crippen molar-refractivity contribution >= 4 is 5.91 Å². The summed E-state index contributed by atoms with van der Waals surface area (Å²) < 4.78 is 42.1. The van der Waals surface area contributed by atoms with E-state index < -0.39 is 12.8 Å². The minimum atomic E-state index is -4.36. The highest BCUT2D eigenvalue weighted by atomic mass is 19.4. The molecule has 2 rings (SSSR count). The molecule has 0 N–H and O–H groups in total. The number of likely N-dealkylation sites (tertiary alicyclic amines) is 1. The largest absolute Gasteiger partial charge is 0.484 e. The Morgan fingerprint density at radius 3 is 2.19 bits per heavy atom. The molecule has 0 aliphatic carbocycles. The summed E-state index contributed by atoms with van der Waals surface area (Å²) in [5.74, 6) is 0.414. The van der Waals surface area contributed by atoms with E-state index in [4.69, 9.17) is 4.74 Å². The van der Waals surface area contributed by atoms with Gasteiger partial charge in [-0.3, -0.25) is 9.69 Å². The summed E-state index contributed by atoms with van der Waals surface area (Å²) in [6.07, 6.45) is 0.133. The van der Waals surface area contributed by atoms with Crippen LogP contribution in [0.25, 0.3) is 0 Å². The van der Waals surface area contributed by atoms with E-state index in [0.29, 0.717) is 24.2 Å². The minimum Gasteiger partial charge on any atom is -0.484 e. The molecule has 1 aromatic rings. The molecule has 7 heteroatoms. The van der Waals surface area contributed by atoms with Crippen LogP contribution in [0.3, 0.4) is 0 Å². The van der Waals surface area contributed by atoms with Gasteiger partial charge in [0.25, 0.3) is 0 Å². The Labute approximate surface area is 159 Å². The van der Waals surface area contributed by atoms with Crippen LogP contribution in [0.1, 0.15) is 42.4 Å². The SMILES string of the molecule is Cc1cc(CN(C)CC(=O)N2CCCCCC2)cc(C)c1OCC(F)(F)F. The second kappa shape index (κ2) is 9.44. The van der Waals surface area contributed by atoms with Gasteiger partial charge in [-0.25, -0.2) is 0 Å². The van der Waals surface area contributed by atoms with Gasteiger partial charge in [-0.1, -0.05) is 25.0 Å². The molecule has 0 saturated carbocycles. The molecule has 152 valence electrons. The molecule has 0 unspecified atom stereocenters. The fourth-order valence-electron chi connectivity index (χ4n) is 3.53. The first-order chi connectivity index (χ1) is 12.7. The highest BCUT2D eigenvalue weighted by Crippen LogP contribution is 2.27. The van der Waals surface area contributed by atoms with Crippen molar-refractivity contribution in [2.75, 3.05) is 33.3 Å². The summed E-state index contributed by atoms with van der Waals surface area (Å²) in [5, 5.41) is 0. The van der Waals surface area contributed by atoms with Crippen LogP contribution in [0.5, 0.6) is 5.75 Å². The Kier molecular flexibility index (Phi) is 7.53. The zero-order valence-electron chi connectivity index (χ0n) is 16.4. The molecule has 0 aromatic heterocycles. The number of halogens is 3. The number of aryl methyl sites for hydroxylation is 2. The third-order valence-corrected chi connectivity index (χ3v) is 4.72. The number of rotatable bonds is 6. The third-order valence-electron chi connectivity index (χ3n) is 4.72. The average Bonchev–Trinajstić information content (AvgIpc) is 2.82. The molecule has 0 atom stereocenters. The van der Waals surface area contributed by atoms with Crippen LogP contribution in [0, 0.1) is 13.8 Å². The van der Waals surface area contributed by atoms with Crippen molar-refractivity contribution < 1.29 is 22.7 Å². The number of alkyl halides is 3. The van der Waals surface area contributed by atoms with E-state index >= 15 is 0 Å². The number of hydrogen-bond acceptors (Lipinski definition) is 3. The average molecular weight is 386 g/mol. The smallest absolute Gasteiger partial charge is 0.422 e. The zero-order chi connectivity index (χ0) is 20.0. The van der Waals surface area contributed by atoms with Gasteiger partial charge in [-0.2, -0.15) is 13.2 Å². The predicted octanol–water partition coefficient (Wildman–Crippen LogP) is 4.08. The summed E-state index contributed by atoms with van der Waals surface area (Å²) in [6, 6.07) is 3.65. The topological polar surface area (TPSA) is 32.8 Å². The van der Waals surface area contributed by atoms with Crippen LogP contribution in [-0.4, -0.2) is 55.2 Å². The Morgan fingerprint density at radius 1 is 1.11 bits per heavy atom. The lowest BCUT2D eigenvalue weighted by Crippen LogP contribution is -2.39. The standard InChI is InChI=1S/C20H29F3N2O2/c1-15-10-17(11-16(2)19(15)27-14-20(21,22)23)12-24(3)13-18(26)25-8-6-4-5-7-9-25/h10-11H,4-9,12-14H2,1-3H3. The molecule has 1 aromatic carbocycles. The number of carbonyl (C=O) groups excluding carboxylic acids is 1. The van der Waals surface area contributed by atoms with Gasteiger partial charge in [-0.15, -0.1) is 0 Å². The summed E-state index contributed by atoms with van der Waals surface area (Å²) in [6.45, 7) is 4.74. The molecule has 1 aliphatic rings. The summed E-state index contributed by atoms with van der Waals surface area (Å²) >= 11 is 0. The maximum Gasteiger partial charge on any atom is 0.422 e. The predicted molar refractivity (Wildman–Crippen MR) is 98.8 cm³/mol. The van der Waals surface area contributed by atoms with E-state index in [0.717, 1.165) is 31.5 Å². The van der Waals surface area contributed by atoms with E-state index in [-0.39, 0.29) is 11.7 Å². The maximum atomic E-state index is 12.5. The van der Waals surface area contributed by atoms with Crippen LogP contribution < -0.4 is 4.74 Å². The van der Waals surface area contributed by atoms with Gasteiger partial charge >= 0.3 is 6.18 Å². The lowest BCUT2D eigenvalue weighted by atomic mass is 10.1. The van der Waals surface area contributed by atoms with Crippen LogP contribution in [-0.2, 0) is 11.3 Å². The number of amides is 1. The normalized spacial score (nSPS) is 15.7. The van der Waals surface area contributed by atoms with Crippen molar-refractivity contribution in [2.24, 2.45) is 0 Å². The molecular formula is C20H29F3N2O2. The Morgan fingerprint density at radius 2 is 1.67 bits per heavy atom. The number of hydrogen-bond donors (Lipinski definition) is 0. The van der Waals surface area contributed by atoms with Gasteiger partial charge in [0.15, 0.2) is 6.61 Å². The van der Waals surface area contributed by atoms with Crippen LogP contribution in [0.15, 0.2) is 12.1 Å². The summed E-state index contributed by atoms with van der Waals surface area (Å²) in [5.41, 5.74) is 2.29. The lowest BCUT2D eigenvalue weighted by Gasteiger charge is -2.24. The third kappa shape index (κ3) is 7.05. The summed E-state index contributed by atoms with van der Waals surface area (Å²) in [4.78, 5) is 16.4. The maximum absolute atomic E-state index is 12.5. The molecule has 1 saturated heterocycles. The van der Waals surface area contributed by atoms with Gasteiger partial charge < -0.3 is 9.64 Å². The molecule has 1 amide bonds. The quantitative estimate of drug-likeness (QED) is 0.739. The van der Waals surface area contributed by atoms with E-state index in [2.05, 4.69) is 0 Å². The second-order valence-electron chi connectivity index (χ2n) is 7.43. The van der Waals surface area contributed by atoms with Crippen molar-refractivity contribution in [1.29, 1.82) is 0 Å². The van der Waals surface area contributed by atoms with Gasteiger partial charge in [0, 0.05) is 19.6 Å². The first kappa shape index (κ1) is 21.5. The van der Waals surface area contributed by atoms with Crippen LogP contribution >= 0.6 is 0 Å². The fraction of sp³-hybridized carbons (Fsp3) is 0.650. The fourth-order valence-corrected chi connectivity index (χ4v) is 3.53. The Hall–Kier alpha value is -1.76. The number of likely N-dealkylation sites (N-methyl/N-ethyl adjacent to an activating group) is 1. The Bertz CT molecular complexity index is 616. The molecule has 4 nitrogen and oxygen atoms in total. The molecule has 0 bridgehead atoms. The number of ether oxygens (including phenoxy) is 1. The summed E-state index contributed by atoms with van der Waals surface area (Å²) in [7, 11) is 1.88. The molecule has 1 aliphatic heterocycles. The van der Waals surface area contributed by atoms with E-state index in [1.54, 1.807) is 13.8 Å². The molecular weight excluding hydrogens is 357 g/mol. The molecule has 1 fully saturated rings. The van der Waals surface area contributed by atoms with Crippen molar-refractivity contribution in [1.82, 2.24) is 9.80 Å². The monoisotopic (exact) mass is 386 g/mol. The van der Waals surface area contributed by atoms with Crippen LogP contribution in [0.2, 0.25) is 0 Å². The highest BCUT2D eigenvalue weighted by molar-refractivity contribution is 5.78. The molecule has 27 heavy (non-hydrogen) atoms. The number of nitrogens with zero attached hydrogens (tertiary/aromatic N) is 2. The first-order valence-electron chi connectivity index (χ1n) is 9.41. The zero-order valence-corrected chi connectivity index (χ0v) is 16.4.